The van der Waals surface area contributed by atoms with Gasteiger partial charge >= 0.3 is 5.69 Å². The number of rotatable bonds is 14. The van der Waals surface area contributed by atoms with Crippen LogP contribution >= 0.6 is 0 Å². The van der Waals surface area contributed by atoms with Crippen molar-refractivity contribution in [2.45, 2.75) is 70.9 Å². The van der Waals surface area contributed by atoms with E-state index in [0.29, 0.717) is 13.2 Å². The summed E-state index contributed by atoms with van der Waals surface area (Å²) in [6, 6.07) is 0. The number of aliphatic hydroxyl groups is 1. The van der Waals surface area contributed by atoms with E-state index in [0.717, 1.165) is 42.9 Å². The molecule has 1 aromatic rings. The minimum Gasteiger partial charge on any atom is -0.396 e. The lowest BCUT2D eigenvalue weighted by Crippen LogP contribution is -2.32. The van der Waals surface area contributed by atoms with Crippen molar-refractivity contribution in [3.05, 3.63) is 32.9 Å². The fourth-order valence-corrected chi connectivity index (χ4v) is 2.47. The Labute approximate surface area is 141 Å². The van der Waals surface area contributed by atoms with Crippen LogP contribution in [0.3, 0.4) is 0 Å². The number of hydrogen-bond donors (Lipinski definition) is 2. The highest BCUT2D eigenvalue weighted by Crippen LogP contribution is 2.10. The fourth-order valence-electron chi connectivity index (χ4n) is 2.47. The topological polar surface area (TPSA) is 84.3 Å². The molecule has 7 heteroatoms. The first-order valence-corrected chi connectivity index (χ1v) is 8.83. The summed E-state index contributed by atoms with van der Waals surface area (Å²) in [7, 11) is 0. The first-order chi connectivity index (χ1) is 11.6. The molecule has 0 amide bonds. The smallest absolute Gasteiger partial charge is 0.330 e. The molecular weight excluding hydrogens is 315 g/mol. The molecule has 2 N–H and O–H groups in total. The molecule has 0 saturated carbocycles. The normalized spacial score (nSPS) is 11.1. The summed E-state index contributed by atoms with van der Waals surface area (Å²) in [6.07, 6.45) is 12.2. The lowest BCUT2D eigenvalue weighted by atomic mass is 10.1. The quantitative estimate of drug-likeness (QED) is 0.508. The molecule has 0 spiro atoms. The van der Waals surface area contributed by atoms with Crippen LogP contribution in [-0.2, 0) is 11.5 Å². The minimum atomic E-state index is -1.01. The lowest BCUT2D eigenvalue weighted by Gasteiger charge is -2.06. The Morgan fingerprint density at radius 3 is 2.08 bits per heavy atom. The van der Waals surface area contributed by atoms with Gasteiger partial charge in [0.2, 0.25) is 5.82 Å². The van der Waals surface area contributed by atoms with E-state index in [9.17, 15) is 14.0 Å². The van der Waals surface area contributed by atoms with Crippen molar-refractivity contribution in [2.24, 2.45) is 0 Å². The van der Waals surface area contributed by atoms with Gasteiger partial charge < -0.3 is 9.84 Å². The zero-order chi connectivity index (χ0) is 17.6. The number of aromatic nitrogens is 2. The van der Waals surface area contributed by atoms with Crippen LogP contribution in [0.2, 0.25) is 0 Å². The number of nitrogens with zero attached hydrogens (tertiary/aromatic N) is 1. The molecule has 0 aliphatic carbocycles. The van der Waals surface area contributed by atoms with Crippen LogP contribution in [0.15, 0.2) is 15.8 Å². The molecular formula is C17H29FN2O4. The van der Waals surface area contributed by atoms with Crippen LogP contribution in [0, 0.1) is 5.82 Å². The van der Waals surface area contributed by atoms with Gasteiger partial charge in [0.1, 0.15) is 6.73 Å². The van der Waals surface area contributed by atoms with Gasteiger partial charge in [0.25, 0.3) is 5.56 Å². The third-order valence-electron chi connectivity index (χ3n) is 3.89. The summed E-state index contributed by atoms with van der Waals surface area (Å²) in [5.41, 5.74) is -1.68. The van der Waals surface area contributed by atoms with Gasteiger partial charge in [0, 0.05) is 13.2 Å². The fraction of sp³-hybridized carbons (Fsp3) is 0.765. The Hall–Kier alpha value is -1.47. The Balaban J connectivity index is 1.95. The van der Waals surface area contributed by atoms with Crippen molar-refractivity contribution >= 4 is 0 Å². The zero-order valence-corrected chi connectivity index (χ0v) is 14.3. The largest absolute Gasteiger partial charge is 0.396 e. The standard InChI is InChI=1S/C17H29FN2O4/c18-15-13-20(17(23)19-16(15)22)14-24-12-10-8-6-4-2-1-3-5-7-9-11-21/h13,21H,1-12,14H2,(H,19,22,23). The molecule has 1 rings (SSSR count). The lowest BCUT2D eigenvalue weighted by molar-refractivity contribution is 0.0698. The molecule has 1 aromatic heterocycles. The van der Waals surface area contributed by atoms with Gasteiger partial charge in [0.15, 0.2) is 0 Å². The highest BCUT2D eigenvalue weighted by molar-refractivity contribution is 4.86. The van der Waals surface area contributed by atoms with Crippen molar-refractivity contribution in [1.29, 1.82) is 0 Å². The first-order valence-electron chi connectivity index (χ1n) is 8.83. The van der Waals surface area contributed by atoms with Crippen molar-refractivity contribution in [2.75, 3.05) is 13.2 Å². The van der Waals surface area contributed by atoms with Gasteiger partial charge in [0.05, 0.1) is 6.20 Å². The summed E-state index contributed by atoms with van der Waals surface area (Å²) < 4.78 is 19.4. The van der Waals surface area contributed by atoms with Gasteiger partial charge in [-0.05, 0) is 12.8 Å². The average molecular weight is 344 g/mol. The average Bonchev–Trinajstić information content (AvgIpc) is 2.56. The Kier molecular flexibility index (Phi) is 11.1. The molecule has 0 aliphatic heterocycles. The molecule has 0 bridgehead atoms. The molecule has 24 heavy (non-hydrogen) atoms. The Morgan fingerprint density at radius 2 is 1.50 bits per heavy atom. The number of aliphatic hydroxyl groups excluding tert-OH is 1. The monoisotopic (exact) mass is 344 g/mol. The minimum absolute atomic E-state index is 0.0552. The number of halogens is 1. The predicted octanol–water partition coefficient (Wildman–Crippen LogP) is 2.54. The van der Waals surface area contributed by atoms with E-state index < -0.39 is 17.1 Å². The maximum absolute atomic E-state index is 13.1. The Bertz CT molecular complexity index is 556. The molecule has 6 nitrogen and oxygen atoms in total. The molecule has 0 aromatic carbocycles. The van der Waals surface area contributed by atoms with Crippen LogP contribution in [0.25, 0.3) is 0 Å². The van der Waals surface area contributed by atoms with E-state index in [1.807, 2.05) is 4.98 Å². The van der Waals surface area contributed by atoms with Crippen molar-refractivity contribution in [1.82, 2.24) is 9.55 Å². The van der Waals surface area contributed by atoms with Crippen molar-refractivity contribution < 1.29 is 14.2 Å². The predicted molar refractivity (Wildman–Crippen MR) is 90.5 cm³/mol. The van der Waals surface area contributed by atoms with Gasteiger partial charge in [-0.15, -0.1) is 0 Å². The van der Waals surface area contributed by atoms with E-state index >= 15 is 0 Å². The molecule has 0 radical (unpaired) electrons. The van der Waals surface area contributed by atoms with Gasteiger partial charge in [-0.25, -0.2) is 4.79 Å². The van der Waals surface area contributed by atoms with Crippen molar-refractivity contribution in [3.8, 4) is 0 Å². The van der Waals surface area contributed by atoms with Crippen LogP contribution < -0.4 is 11.2 Å². The van der Waals surface area contributed by atoms with Gasteiger partial charge in [-0.2, -0.15) is 4.39 Å². The van der Waals surface area contributed by atoms with E-state index in [2.05, 4.69) is 0 Å². The van der Waals surface area contributed by atoms with E-state index in [1.165, 1.54) is 32.1 Å². The third-order valence-corrected chi connectivity index (χ3v) is 3.89. The molecule has 0 fully saturated rings. The van der Waals surface area contributed by atoms with Crippen LogP contribution in [0.5, 0.6) is 0 Å². The molecule has 0 atom stereocenters. The summed E-state index contributed by atoms with van der Waals surface area (Å²) in [5, 5.41) is 8.67. The first kappa shape index (κ1) is 20.6. The molecule has 0 saturated heterocycles. The highest BCUT2D eigenvalue weighted by Gasteiger charge is 2.03. The van der Waals surface area contributed by atoms with Gasteiger partial charge in [-0.1, -0.05) is 51.4 Å². The molecule has 0 unspecified atom stereocenters. The van der Waals surface area contributed by atoms with E-state index in [-0.39, 0.29) is 6.73 Å². The molecule has 138 valence electrons. The Morgan fingerprint density at radius 1 is 0.958 bits per heavy atom. The van der Waals surface area contributed by atoms with Crippen molar-refractivity contribution in [3.63, 3.8) is 0 Å². The van der Waals surface area contributed by atoms with Crippen LogP contribution in [0.4, 0.5) is 4.39 Å². The zero-order valence-electron chi connectivity index (χ0n) is 14.3. The third kappa shape index (κ3) is 8.98. The maximum atomic E-state index is 13.1. The van der Waals surface area contributed by atoms with Crippen LogP contribution in [0.1, 0.15) is 64.2 Å². The van der Waals surface area contributed by atoms with Gasteiger partial charge in [-0.3, -0.25) is 14.3 Å². The number of hydrogen-bond acceptors (Lipinski definition) is 4. The number of ether oxygens (including phenoxy) is 1. The number of unbranched alkanes of at least 4 members (excludes halogenated alkanes) is 9. The highest BCUT2D eigenvalue weighted by atomic mass is 19.1. The van der Waals surface area contributed by atoms with E-state index in [1.54, 1.807) is 0 Å². The summed E-state index contributed by atoms with van der Waals surface area (Å²) >= 11 is 0. The van der Waals surface area contributed by atoms with Crippen LogP contribution in [-0.4, -0.2) is 27.9 Å². The maximum Gasteiger partial charge on any atom is 0.330 e. The summed E-state index contributed by atoms with van der Waals surface area (Å²) in [5.74, 6) is -0.991. The summed E-state index contributed by atoms with van der Waals surface area (Å²) in [6.45, 7) is 0.753. The number of aromatic amines is 1. The number of H-pyrrole nitrogens is 1. The second-order valence-electron chi connectivity index (χ2n) is 6.00. The summed E-state index contributed by atoms with van der Waals surface area (Å²) in [4.78, 5) is 24.2. The second-order valence-corrected chi connectivity index (χ2v) is 6.00. The SMILES string of the molecule is O=c1[nH]c(=O)n(COCCCCCCCCCCCCO)cc1F. The number of nitrogens with one attached hydrogen (secondary N) is 1. The van der Waals surface area contributed by atoms with E-state index in [4.69, 9.17) is 9.84 Å². The molecule has 1 heterocycles. The molecule has 0 aliphatic rings. The second kappa shape index (κ2) is 12.9.